The average molecular weight is 209 g/mol. The first kappa shape index (κ1) is 10.3. The lowest BCUT2D eigenvalue weighted by Crippen LogP contribution is -2.55. The predicted molar refractivity (Wildman–Crippen MR) is 55.2 cm³/mol. The number of nitrogens with two attached hydrogens (primary N) is 1. The van der Waals surface area contributed by atoms with Crippen LogP contribution in [0, 0.1) is 5.41 Å². The third kappa shape index (κ3) is 1.56. The summed E-state index contributed by atoms with van der Waals surface area (Å²) in [7, 11) is 0. The number of amidine groups is 1. The Morgan fingerprint density at radius 1 is 1.40 bits per heavy atom. The minimum atomic E-state index is -0.813. The Morgan fingerprint density at radius 3 is 2.60 bits per heavy atom. The maximum absolute atomic E-state index is 11.7. The summed E-state index contributed by atoms with van der Waals surface area (Å²) in [6, 6.07) is 0. The van der Waals surface area contributed by atoms with Crippen molar-refractivity contribution >= 4 is 17.6 Å². The third-order valence-corrected chi connectivity index (χ3v) is 3.16. The molecule has 0 aromatic carbocycles. The van der Waals surface area contributed by atoms with Gasteiger partial charge in [0.2, 0.25) is 5.91 Å². The highest BCUT2D eigenvalue weighted by Gasteiger charge is 2.52. The number of rotatable bonds is 3. The normalized spacial score (nSPS) is 23.4. The molecule has 82 valence electrons. The van der Waals surface area contributed by atoms with E-state index >= 15 is 0 Å². The van der Waals surface area contributed by atoms with Crippen molar-refractivity contribution in [2.75, 3.05) is 6.54 Å². The quantitative estimate of drug-likeness (QED) is 0.639. The Balaban J connectivity index is 2.10. The van der Waals surface area contributed by atoms with Crippen molar-refractivity contribution in [1.82, 2.24) is 5.32 Å². The van der Waals surface area contributed by atoms with Gasteiger partial charge in [0.1, 0.15) is 11.3 Å². The van der Waals surface area contributed by atoms with E-state index < -0.39 is 5.41 Å². The molecule has 1 aliphatic carbocycles. The maximum Gasteiger partial charge on any atom is 0.263 e. The van der Waals surface area contributed by atoms with Gasteiger partial charge in [-0.25, -0.2) is 0 Å². The van der Waals surface area contributed by atoms with E-state index in [1.165, 1.54) is 0 Å². The Labute approximate surface area is 88.1 Å². The maximum atomic E-state index is 11.7. The van der Waals surface area contributed by atoms with E-state index in [9.17, 15) is 9.59 Å². The molecule has 1 fully saturated rings. The lowest BCUT2D eigenvalue weighted by atomic mass is 9.67. The van der Waals surface area contributed by atoms with Crippen molar-refractivity contribution in [2.24, 2.45) is 16.1 Å². The van der Waals surface area contributed by atoms with Crippen molar-refractivity contribution in [3.63, 3.8) is 0 Å². The van der Waals surface area contributed by atoms with E-state index in [1.54, 1.807) is 0 Å². The van der Waals surface area contributed by atoms with Gasteiger partial charge < -0.3 is 11.1 Å². The van der Waals surface area contributed by atoms with E-state index in [1.807, 2.05) is 0 Å². The molecule has 2 amide bonds. The lowest BCUT2D eigenvalue weighted by Gasteiger charge is -2.39. The number of hydrogen-bond acceptors (Lipinski definition) is 3. The summed E-state index contributed by atoms with van der Waals surface area (Å²) in [5.41, 5.74) is 4.54. The van der Waals surface area contributed by atoms with Gasteiger partial charge in [-0.1, -0.05) is 6.42 Å². The van der Waals surface area contributed by atoms with Crippen LogP contribution < -0.4 is 11.1 Å². The molecule has 0 unspecified atom stereocenters. The molecule has 1 heterocycles. The minimum Gasteiger partial charge on any atom is -0.330 e. The van der Waals surface area contributed by atoms with E-state index in [0.29, 0.717) is 31.6 Å². The van der Waals surface area contributed by atoms with Crippen LogP contribution in [0.25, 0.3) is 0 Å². The molecule has 2 rings (SSSR count). The van der Waals surface area contributed by atoms with Gasteiger partial charge in [-0.05, 0) is 25.8 Å². The van der Waals surface area contributed by atoms with Gasteiger partial charge >= 0.3 is 0 Å². The Hall–Kier alpha value is -1.23. The van der Waals surface area contributed by atoms with Crippen molar-refractivity contribution in [2.45, 2.75) is 32.1 Å². The fourth-order valence-corrected chi connectivity index (χ4v) is 1.96. The molecule has 1 aliphatic heterocycles. The number of hydrogen-bond donors (Lipinski definition) is 2. The van der Waals surface area contributed by atoms with Crippen LogP contribution in [0.4, 0.5) is 0 Å². The first-order valence-corrected chi connectivity index (χ1v) is 5.32. The average Bonchev–Trinajstić information content (AvgIpc) is 2.11. The van der Waals surface area contributed by atoms with Gasteiger partial charge in [0.15, 0.2) is 0 Å². The number of nitrogens with zero attached hydrogens (tertiary/aromatic N) is 1. The van der Waals surface area contributed by atoms with Gasteiger partial charge in [0.25, 0.3) is 5.91 Å². The van der Waals surface area contributed by atoms with Crippen LogP contribution in [0.1, 0.15) is 32.1 Å². The molecular weight excluding hydrogens is 194 g/mol. The van der Waals surface area contributed by atoms with Gasteiger partial charge in [-0.2, -0.15) is 4.99 Å². The largest absolute Gasteiger partial charge is 0.330 e. The Morgan fingerprint density at radius 2 is 2.13 bits per heavy atom. The molecule has 0 aromatic rings. The summed E-state index contributed by atoms with van der Waals surface area (Å²) in [5.74, 6) is 0.0540. The summed E-state index contributed by atoms with van der Waals surface area (Å²) < 4.78 is 0. The van der Waals surface area contributed by atoms with Gasteiger partial charge in [-0.15, -0.1) is 0 Å². The van der Waals surface area contributed by atoms with Crippen LogP contribution in [-0.4, -0.2) is 24.2 Å². The molecule has 0 bridgehead atoms. The van der Waals surface area contributed by atoms with E-state index in [2.05, 4.69) is 10.3 Å². The topological polar surface area (TPSA) is 84.5 Å². The summed E-state index contributed by atoms with van der Waals surface area (Å²) in [6.07, 6.45) is 3.53. The molecule has 0 aromatic heterocycles. The molecule has 0 radical (unpaired) electrons. The van der Waals surface area contributed by atoms with Gasteiger partial charge in [0.05, 0.1) is 0 Å². The number of aliphatic imine (C=N–C) groups is 1. The summed E-state index contributed by atoms with van der Waals surface area (Å²) in [4.78, 5) is 27.4. The molecular formula is C10H15N3O2. The lowest BCUT2D eigenvalue weighted by molar-refractivity contribution is -0.147. The molecule has 5 nitrogen and oxygen atoms in total. The van der Waals surface area contributed by atoms with E-state index in [4.69, 9.17) is 5.73 Å². The third-order valence-electron chi connectivity index (χ3n) is 3.16. The molecule has 1 spiro atoms. The highest BCUT2D eigenvalue weighted by molar-refractivity contribution is 6.19. The smallest absolute Gasteiger partial charge is 0.263 e. The number of nitrogens with one attached hydrogen (secondary N) is 1. The van der Waals surface area contributed by atoms with Crippen molar-refractivity contribution < 1.29 is 9.59 Å². The van der Waals surface area contributed by atoms with Crippen LogP contribution in [0.5, 0.6) is 0 Å². The minimum absolute atomic E-state index is 0.166. The molecule has 0 saturated heterocycles. The van der Waals surface area contributed by atoms with Crippen LogP contribution in [0.2, 0.25) is 0 Å². The second kappa shape index (κ2) is 3.73. The van der Waals surface area contributed by atoms with E-state index in [0.717, 1.165) is 12.8 Å². The molecule has 5 heteroatoms. The first-order chi connectivity index (χ1) is 7.19. The fraction of sp³-hybridized carbons (Fsp3) is 0.700. The van der Waals surface area contributed by atoms with Gasteiger partial charge in [0, 0.05) is 6.42 Å². The molecule has 1 saturated carbocycles. The van der Waals surface area contributed by atoms with Crippen LogP contribution in [0.15, 0.2) is 4.99 Å². The highest BCUT2D eigenvalue weighted by atomic mass is 16.2. The van der Waals surface area contributed by atoms with E-state index in [-0.39, 0.29) is 11.8 Å². The summed E-state index contributed by atoms with van der Waals surface area (Å²) in [6.45, 7) is 0.536. The number of carbonyl (C=O) groups is 2. The predicted octanol–water partition coefficient (Wildman–Crippen LogP) is -0.0495. The Kier molecular flexibility index (Phi) is 2.56. The van der Waals surface area contributed by atoms with Gasteiger partial charge in [-0.3, -0.25) is 9.59 Å². The first-order valence-electron chi connectivity index (χ1n) is 5.32. The monoisotopic (exact) mass is 209 g/mol. The second-order valence-electron chi connectivity index (χ2n) is 4.15. The van der Waals surface area contributed by atoms with Crippen LogP contribution >= 0.6 is 0 Å². The number of carbonyl (C=O) groups excluding carboxylic acids is 2. The van der Waals surface area contributed by atoms with Crippen LogP contribution in [0.3, 0.4) is 0 Å². The SMILES string of the molecule is NCCCC1=NC(=O)C2(CCC2)C(=O)N1. The molecule has 2 aliphatic rings. The fourth-order valence-electron chi connectivity index (χ4n) is 1.96. The molecule has 3 N–H and O–H groups in total. The van der Waals surface area contributed by atoms with Crippen molar-refractivity contribution in [3.05, 3.63) is 0 Å². The zero-order valence-corrected chi connectivity index (χ0v) is 8.58. The zero-order chi connectivity index (χ0) is 10.9. The Bertz CT molecular complexity index is 332. The highest BCUT2D eigenvalue weighted by Crippen LogP contribution is 2.43. The zero-order valence-electron chi connectivity index (χ0n) is 8.58. The molecule has 0 atom stereocenters. The second-order valence-corrected chi connectivity index (χ2v) is 4.15. The molecule has 15 heavy (non-hydrogen) atoms. The standard InChI is InChI=1S/C10H15N3O2/c11-6-1-3-7-12-8(14)10(4-2-5-10)9(15)13-7/h1-6,11H2,(H,12,13,14,15). The van der Waals surface area contributed by atoms with Crippen LogP contribution in [-0.2, 0) is 9.59 Å². The van der Waals surface area contributed by atoms with Crippen molar-refractivity contribution in [3.8, 4) is 0 Å². The summed E-state index contributed by atoms with van der Waals surface area (Å²) in [5, 5.41) is 2.71. The summed E-state index contributed by atoms with van der Waals surface area (Å²) >= 11 is 0. The number of amides is 2. The van der Waals surface area contributed by atoms with Crippen molar-refractivity contribution in [1.29, 1.82) is 0 Å².